The Morgan fingerprint density at radius 3 is 3.00 bits per heavy atom. The Kier molecular flexibility index (Phi) is 4.40. The summed E-state index contributed by atoms with van der Waals surface area (Å²) in [6.07, 6.45) is 7.97. The lowest BCUT2D eigenvalue weighted by Gasteiger charge is -2.14. The molecule has 0 aliphatic carbocycles. The minimum atomic E-state index is 0.488. The van der Waals surface area contributed by atoms with Crippen LogP contribution in [0, 0.1) is 0 Å². The highest BCUT2D eigenvalue weighted by atomic mass is 15.2. The van der Waals surface area contributed by atoms with Gasteiger partial charge in [0.1, 0.15) is 0 Å². The van der Waals surface area contributed by atoms with Gasteiger partial charge < -0.3 is 5.32 Å². The van der Waals surface area contributed by atoms with E-state index in [4.69, 9.17) is 0 Å². The molecule has 1 rings (SSSR count). The molecule has 14 heavy (non-hydrogen) atoms. The molecule has 1 aromatic heterocycles. The standard InChI is InChI=1S/C11H19N3/c1-4-6-11(12-5-2)7-10-8-13-14(3)9-10/h4,8-9,11-12H,1,5-7H2,2-3H3. The summed E-state index contributed by atoms with van der Waals surface area (Å²) < 4.78 is 1.84. The van der Waals surface area contributed by atoms with E-state index in [1.54, 1.807) is 0 Å². The highest BCUT2D eigenvalue weighted by Gasteiger charge is 2.07. The Morgan fingerprint density at radius 2 is 2.50 bits per heavy atom. The summed E-state index contributed by atoms with van der Waals surface area (Å²) in [6, 6.07) is 0.488. The summed E-state index contributed by atoms with van der Waals surface area (Å²) in [7, 11) is 1.94. The van der Waals surface area contributed by atoms with Crippen LogP contribution in [-0.4, -0.2) is 22.4 Å². The first-order chi connectivity index (χ1) is 6.76. The zero-order valence-corrected chi connectivity index (χ0v) is 9.03. The van der Waals surface area contributed by atoms with E-state index in [-0.39, 0.29) is 0 Å². The molecule has 0 radical (unpaired) electrons. The molecule has 0 saturated heterocycles. The molecule has 0 aromatic carbocycles. The summed E-state index contributed by atoms with van der Waals surface area (Å²) in [5, 5.41) is 7.59. The van der Waals surface area contributed by atoms with Crippen molar-refractivity contribution in [2.24, 2.45) is 7.05 Å². The van der Waals surface area contributed by atoms with E-state index in [2.05, 4.69) is 30.1 Å². The van der Waals surface area contributed by atoms with Crippen molar-refractivity contribution in [2.45, 2.75) is 25.8 Å². The van der Waals surface area contributed by atoms with E-state index in [0.29, 0.717) is 6.04 Å². The molecule has 3 heteroatoms. The van der Waals surface area contributed by atoms with Crippen LogP contribution in [0.3, 0.4) is 0 Å². The van der Waals surface area contributed by atoms with Crippen LogP contribution in [0.15, 0.2) is 25.0 Å². The molecule has 1 aromatic rings. The van der Waals surface area contributed by atoms with E-state index in [0.717, 1.165) is 19.4 Å². The predicted molar refractivity (Wildman–Crippen MR) is 59.2 cm³/mol. The van der Waals surface area contributed by atoms with Crippen LogP contribution in [0.25, 0.3) is 0 Å². The van der Waals surface area contributed by atoms with Crippen molar-refractivity contribution in [3.8, 4) is 0 Å². The topological polar surface area (TPSA) is 29.9 Å². The van der Waals surface area contributed by atoms with Crippen LogP contribution in [0.1, 0.15) is 18.9 Å². The van der Waals surface area contributed by atoms with Crippen molar-refractivity contribution in [2.75, 3.05) is 6.54 Å². The fourth-order valence-corrected chi connectivity index (χ4v) is 1.59. The maximum Gasteiger partial charge on any atom is 0.0522 e. The Morgan fingerprint density at radius 1 is 1.71 bits per heavy atom. The average Bonchev–Trinajstić information content (AvgIpc) is 2.52. The summed E-state index contributed by atoms with van der Waals surface area (Å²) in [6.45, 7) is 6.89. The number of hydrogen-bond acceptors (Lipinski definition) is 2. The van der Waals surface area contributed by atoms with Gasteiger partial charge in [0.2, 0.25) is 0 Å². The summed E-state index contributed by atoms with van der Waals surface area (Å²) >= 11 is 0. The molecule has 3 nitrogen and oxygen atoms in total. The fraction of sp³-hybridized carbons (Fsp3) is 0.545. The molecule has 0 aliphatic rings. The lowest BCUT2D eigenvalue weighted by atomic mass is 10.1. The number of nitrogens with zero attached hydrogens (tertiary/aromatic N) is 2. The molecule has 0 spiro atoms. The molecule has 1 heterocycles. The van der Waals surface area contributed by atoms with Gasteiger partial charge in [-0.3, -0.25) is 4.68 Å². The van der Waals surface area contributed by atoms with Gasteiger partial charge in [-0.15, -0.1) is 6.58 Å². The summed E-state index contributed by atoms with van der Waals surface area (Å²) in [5.41, 5.74) is 1.28. The third kappa shape index (κ3) is 3.34. The quantitative estimate of drug-likeness (QED) is 0.694. The second-order valence-electron chi connectivity index (χ2n) is 3.51. The molecule has 0 aliphatic heterocycles. The van der Waals surface area contributed by atoms with Crippen LogP contribution in [0.5, 0.6) is 0 Å². The van der Waals surface area contributed by atoms with E-state index in [1.807, 2.05) is 24.0 Å². The maximum atomic E-state index is 4.15. The van der Waals surface area contributed by atoms with Crippen molar-refractivity contribution in [3.05, 3.63) is 30.6 Å². The summed E-state index contributed by atoms with van der Waals surface area (Å²) in [4.78, 5) is 0. The highest BCUT2D eigenvalue weighted by Crippen LogP contribution is 2.04. The van der Waals surface area contributed by atoms with Gasteiger partial charge in [0.25, 0.3) is 0 Å². The lowest BCUT2D eigenvalue weighted by molar-refractivity contribution is 0.529. The molecular weight excluding hydrogens is 174 g/mol. The van der Waals surface area contributed by atoms with Crippen LogP contribution in [-0.2, 0) is 13.5 Å². The normalized spacial score (nSPS) is 12.7. The molecule has 0 fully saturated rings. The van der Waals surface area contributed by atoms with Gasteiger partial charge in [0, 0.05) is 19.3 Å². The van der Waals surface area contributed by atoms with Crippen molar-refractivity contribution >= 4 is 0 Å². The average molecular weight is 193 g/mol. The van der Waals surface area contributed by atoms with Gasteiger partial charge in [0.15, 0.2) is 0 Å². The molecule has 0 bridgehead atoms. The monoisotopic (exact) mass is 193 g/mol. The Hall–Kier alpha value is -1.09. The first kappa shape index (κ1) is 11.0. The van der Waals surface area contributed by atoms with Gasteiger partial charge in [-0.05, 0) is 24.9 Å². The van der Waals surface area contributed by atoms with E-state index < -0.39 is 0 Å². The van der Waals surface area contributed by atoms with Crippen LogP contribution >= 0.6 is 0 Å². The van der Waals surface area contributed by atoms with Crippen LogP contribution in [0.4, 0.5) is 0 Å². The minimum Gasteiger partial charge on any atom is -0.314 e. The highest BCUT2D eigenvalue weighted by molar-refractivity contribution is 5.06. The van der Waals surface area contributed by atoms with Crippen molar-refractivity contribution < 1.29 is 0 Å². The first-order valence-electron chi connectivity index (χ1n) is 5.08. The SMILES string of the molecule is C=CCC(Cc1cnn(C)c1)NCC. The van der Waals surface area contributed by atoms with E-state index in [9.17, 15) is 0 Å². The number of nitrogens with one attached hydrogen (secondary N) is 1. The number of aromatic nitrogens is 2. The fourth-order valence-electron chi connectivity index (χ4n) is 1.59. The Bertz CT molecular complexity index is 278. The molecule has 78 valence electrons. The van der Waals surface area contributed by atoms with Gasteiger partial charge in [-0.1, -0.05) is 13.0 Å². The van der Waals surface area contributed by atoms with E-state index >= 15 is 0 Å². The number of hydrogen-bond donors (Lipinski definition) is 1. The Labute approximate surface area is 85.8 Å². The summed E-state index contributed by atoms with van der Waals surface area (Å²) in [5.74, 6) is 0. The molecule has 1 atom stereocenters. The minimum absolute atomic E-state index is 0.488. The Balaban J connectivity index is 2.49. The van der Waals surface area contributed by atoms with Gasteiger partial charge in [-0.25, -0.2) is 0 Å². The number of likely N-dealkylation sites (N-methyl/N-ethyl adjacent to an activating group) is 1. The zero-order valence-electron chi connectivity index (χ0n) is 9.03. The second kappa shape index (κ2) is 5.60. The predicted octanol–water partition coefficient (Wildman–Crippen LogP) is 1.52. The van der Waals surface area contributed by atoms with Gasteiger partial charge in [0.05, 0.1) is 6.20 Å². The third-order valence-electron chi connectivity index (χ3n) is 2.18. The smallest absolute Gasteiger partial charge is 0.0522 e. The third-order valence-corrected chi connectivity index (χ3v) is 2.18. The van der Waals surface area contributed by atoms with Crippen molar-refractivity contribution in [1.82, 2.24) is 15.1 Å². The van der Waals surface area contributed by atoms with Crippen molar-refractivity contribution in [3.63, 3.8) is 0 Å². The molecule has 1 N–H and O–H groups in total. The first-order valence-corrected chi connectivity index (χ1v) is 5.08. The largest absolute Gasteiger partial charge is 0.314 e. The van der Waals surface area contributed by atoms with Gasteiger partial charge in [-0.2, -0.15) is 5.10 Å². The van der Waals surface area contributed by atoms with Crippen LogP contribution in [0.2, 0.25) is 0 Å². The van der Waals surface area contributed by atoms with Crippen LogP contribution < -0.4 is 5.32 Å². The number of aryl methyl sites for hydroxylation is 1. The molecule has 0 amide bonds. The molecule has 0 saturated carbocycles. The second-order valence-corrected chi connectivity index (χ2v) is 3.51. The van der Waals surface area contributed by atoms with E-state index in [1.165, 1.54) is 5.56 Å². The lowest BCUT2D eigenvalue weighted by Crippen LogP contribution is -2.30. The van der Waals surface area contributed by atoms with Crippen molar-refractivity contribution in [1.29, 1.82) is 0 Å². The maximum absolute atomic E-state index is 4.15. The molecular formula is C11H19N3. The molecule has 1 unspecified atom stereocenters. The zero-order chi connectivity index (χ0) is 10.4. The number of rotatable bonds is 6. The van der Waals surface area contributed by atoms with Gasteiger partial charge >= 0.3 is 0 Å².